The van der Waals surface area contributed by atoms with Gasteiger partial charge in [0.2, 0.25) is 0 Å². The highest BCUT2D eigenvalue weighted by atomic mass is 16.5. The molecular weight excluding hydrogens is 204 g/mol. The average molecular weight is 224 g/mol. The fourth-order valence-corrected chi connectivity index (χ4v) is 1.51. The molecule has 4 heteroatoms. The van der Waals surface area contributed by atoms with Gasteiger partial charge in [0.05, 0.1) is 19.9 Å². The molecule has 1 unspecified atom stereocenters. The summed E-state index contributed by atoms with van der Waals surface area (Å²) in [6.45, 7) is 2.77. The van der Waals surface area contributed by atoms with E-state index in [-0.39, 0.29) is 0 Å². The lowest BCUT2D eigenvalue weighted by molar-refractivity contribution is 0.395. The Morgan fingerprint density at radius 3 is 2.62 bits per heavy atom. The first-order chi connectivity index (χ1) is 7.71. The lowest BCUT2D eigenvalue weighted by Crippen LogP contribution is -2.19. The molecule has 16 heavy (non-hydrogen) atoms. The second-order valence-electron chi connectivity index (χ2n) is 3.69. The van der Waals surface area contributed by atoms with Crippen LogP contribution in [-0.4, -0.2) is 26.8 Å². The van der Waals surface area contributed by atoms with Crippen molar-refractivity contribution in [3.8, 4) is 11.5 Å². The summed E-state index contributed by atoms with van der Waals surface area (Å²) in [7, 11) is 3.28. The van der Waals surface area contributed by atoms with Crippen LogP contribution in [0.25, 0.3) is 0 Å². The molecule has 0 saturated carbocycles. The Labute approximate surface area is 96.7 Å². The van der Waals surface area contributed by atoms with Crippen LogP contribution in [0.5, 0.6) is 11.5 Å². The van der Waals surface area contributed by atoms with Gasteiger partial charge >= 0.3 is 0 Å². The van der Waals surface area contributed by atoms with Gasteiger partial charge in [-0.15, -0.1) is 0 Å². The molecule has 1 atom stereocenters. The lowest BCUT2D eigenvalue weighted by Gasteiger charge is -2.17. The highest BCUT2D eigenvalue weighted by molar-refractivity contribution is 5.59. The molecule has 1 aromatic rings. The van der Waals surface area contributed by atoms with E-state index in [1.165, 1.54) is 0 Å². The van der Waals surface area contributed by atoms with E-state index in [1.807, 2.05) is 18.2 Å². The zero-order valence-corrected chi connectivity index (χ0v) is 10.1. The quantitative estimate of drug-likeness (QED) is 0.774. The SMILES string of the molecule is COc1ccc(NC(C)CCN)c(OC)c1. The molecule has 0 fully saturated rings. The van der Waals surface area contributed by atoms with Crippen LogP contribution in [0, 0.1) is 0 Å². The number of nitrogens with two attached hydrogens (primary N) is 1. The Hall–Kier alpha value is -1.42. The molecule has 0 radical (unpaired) electrons. The fraction of sp³-hybridized carbons (Fsp3) is 0.500. The highest BCUT2D eigenvalue weighted by Gasteiger charge is 2.07. The summed E-state index contributed by atoms with van der Waals surface area (Å²) in [6, 6.07) is 6.04. The number of benzene rings is 1. The molecule has 1 aromatic carbocycles. The molecule has 3 N–H and O–H groups in total. The highest BCUT2D eigenvalue weighted by Crippen LogP contribution is 2.29. The number of hydrogen-bond donors (Lipinski definition) is 2. The monoisotopic (exact) mass is 224 g/mol. The summed E-state index contributed by atoms with van der Waals surface area (Å²) in [4.78, 5) is 0. The van der Waals surface area contributed by atoms with E-state index in [2.05, 4.69) is 12.2 Å². The maximum Gasteiger partial charge on any atom is 0.145 e. The normalized spacial score (nSPS) is 12.0. The van der Waals surface area contributed by atoms with E-state index in [0.717, 1.165) is 23.6 Å². The summed E-state index contributed by atoms with van der Waals surface area (Å²) in [5.41, 5.74) is 6.47. The van der Waals surface area contributed by atoms with Crippen molar-refractivity contribution < 1.29 is 9.47 Å². The Kier molecular flexibility index (Phi) is 4.92. The van der Waals surface area contributed by atoms with E-state index < -0.39 is 0 Å². The lowest BCUT2D eigenvalue weighted by atomic mass is 10.2. The van der Waals surface area contributed by atoms with Gasteiger partial charge in [0, 0.05) is 12.1 Å². The third-order valence-corrected chi connectivity index (χ3v) is 2.41. The van der Waals surface area contributed by atoms with Gasteiger partial charge in [-0.05, 0) is 32.0 Å². The molecule has 0 aliphatic rings. The Morgan fingerprint density at radius 1 is 1.31 bits per heavy atom. The van der Waals surface area contributed by atoms with E-state index in [1.54, 1.807) is 14.2 Å². The van der Waals surface area contributed by atoms with Gasteiger partial charge in [-0.3, -0.25) is 0 Å². The van der Waals surface area contributed by atoms with Crippen molar-refractivity contribution in [2.24, 2.45) is 5.73 Å². The van der Waals surface area contributed by atoms with Gasteiger partial charge in [-0.25, -0.2) is 0 Å². The molecule has 0 aromatic heterocycles. The summed E-state index contributed by atoms with van der Waals surface area (Å²) in [6.07, 6.45) is 0.926. The largest absolute Gasteiger partial charge is 0.497 e. The van der Waals surface area contributed by atoms with Crippen LogP contribution in [0.2, 0.25) is 0 Å². The standard InChI is InChI=1S/C12H20N2O2/c1-9(6-7-13)14-11-5-4-10(15-2)8-12(11)16-3/h4-5,8-9,14H,6-7,13H2,1-3H3. The van der Waals surface area contributed by atoms with Crippen molar-refractivity contribution in [1.29, 1.82) is 0 Å². The second kappa shape index (κ2) is 6.23. The first kappa shape index (κ1) is 12.6. The topological polar surface area (TPSA) is 56.5 Å². The molecule has 1 rings (SSSR count). The Balaban J connectivity index is 2.78. The summed E-state index contributed by atoms with van der Waals surface area (Å²) in [5, 5.41) is 3.35. The summed E-state index contributed by atoms with van der Waals surface area (Å²) >= 11 is 0. The van der Waals surface area contributed by atoms with Crippen LogP contribution < -0.4 is 20.5 Å². The number of anilines is 1. The van der Waals surface area contributed by atoms with Gasteiger partial charge in [0.25, 0.3) is 0 Å². The first-order valence-electron chi connectivity index (χ1n) is 5.40. The van der Waals surface area contributed by atoms with E-state index in [4.69, 9.17) is 15.2 Å². The molecule has 90 valence electrons. The summed E-state index contributed by atoms with van der Waals surface area (Å²) in [5.74, 6) is 1.57. The Bertz CT molecular complexity index is 329. The molecule has 0 saturated heterocycles. The molecule has 0 bridgehead atoms. The zero-order valence-electron chi connectivity index (χ0n) is 10.1. The van der Waals surface area contributed by atoms with E-state index in [9.17, 15) is 0 Å². The minimum atomic E-state index is 0.326. The van der Waals surface area contributed by atoms with Gasteiger partial charge in [-0.1, -0.05) is 0 Å². The molecule has 0 aliphatic carbocycles. The number of methoxy groups -OCH3 is 2. The fourth-order valence-electron chi connectivity index (χ4n) is 1.51. The van der Waals surface area contributed by atoms with Gasteiger partial charge in [0.1, 0.15) is 11.5 Å². The van der Waals surface area contributed by atoms with Crippen molar-refractivity contribution in [1.82, 2.24) is 0 Å². The minimum absolute atomic E-state index is 0.326. The average Bonchev–Trinajstić information content (AvgIpc) is 2.30. The maximum absolute atomic E-state index is 5.51. The van der Waals surface area contributed by atoms with Crippen LogP contribution >= 0.6 is 0 Å². The van der Waals surface area contributed by atoms with Crippen molar-refractivity contribution in [2.75, 3.05) is 26.1 Å². The number of nitrogens with one attached hydrogen (secondary N) is 1. The van der Waals surface area contributed by atoms with Crippen LogP contribution in [0.4, 0.5) is 5.69 Å². The van der Waals surface area contributed by atoms with Crippen LogP contribution in [0.1, 0.15) is 13.3 Å². The van der Waals surface area contributed by atoms with Crippen molar-refractivity contribution in [3.63, 3.8) is 0 Å². The number of rotatable bonds is 6. The summed E-state index contributed by atoms with van der Waals surface area (Å²) < 4.78 is 10.4. The minimum Gasteiger partial charge on any atom is -0.497 e. The van der Waals surface area contributed by atoms with Gasteiger partial charge in [-0.2, -0.15) is 0 Å². The molecule has 4 nitrogen and oxygen atoms in total. The smallest absolute Gasteiger partial charge is 0.145 e. The van der Waals surface area contributed by atoms with Crippen LogP contribution in [-0.2, 0) is 0 Å². The van der Waals surface area contributed by atoms with Crippen LogP contribution in [0.3, 0.4) is 0 Å². The third-order valence-electron chi connectivity index (χ3n) is 2.41. The number of ether oxygens (including phenoxy) is 2. The third kappa shape index (κ3) is 3.31. The molecule has 0 heterocycles. The van der Waals surface area contributed by atoms with Crippen LogP contribution in [0.15, 0.2) is 18.2 Å². The molecule has 0 spiro atoms. The van der Waals surface area contributed by atoms with Crippen molar-refractivity contribution in [2.45, 2.75) is 19.4 Å². The molecule has 0 aliphatic heterocycles. The molecule has 0 amide bonds. The number of hydrogen-bond acceptors (Lipinski definition) is 4. The Morgan fingerprint density at radius 2 is 2.06 bits per heavy atom. The second-order valence-corrected chi connectivity index (χ2v) is 3.69. The predicted octanol–water partition coefficient (Wildman–Crippen LogP) is 1.85. The maximum atomic E-state index is 5.51. The van der Waals surface area contributed by atoms with E-state index >= 15 is 0 Å². The van der Waals surface area contributed by atoms with Gasteiger partial charge in [0.15, 0.2) is 0 Å². The molecular formula is C12H20N2O2. The van der Waals surface area contributed by atoms with Crippen molar-refractivity contribution in [3.05, 3.63) is 18.2 Å². The first-order valence-corrected chi connectivity index (χ1v) is 5.40. The predicted molar refractivity (Wildman–Crippen MR) is 66.3 cm³/mol. The van der Waals surface area contributed by atoms with E-state index in [0.29, 0.717) is 12.6 Å². The zero-order chi connectivity index (χ0) is 12.0. The van der Waals surface area contributed by atoms with Crippen molar-refractivity contribution >= 4 is 5.69 Å². The van der Waals surface area contributed by atoms with Gasteiger partial charge < -0.3 is 20.5 Å².